The van der Waals surface area contributed by atoms with Gasteiger partial charge in [-0.25, -0.2) is 4.79 Å². The fraction of sp³-hybridized carbons (Fsp3) is 0.435. The average molecular weight is 370 g/mol. The summed E-state index contributed by atoms with van der Waals surface area (Å²) < 4.78 is 11.8. The van der Waals surface area contributed by atoms with Gasteiger partial charge in [-0.15, -0.1) is 0 Å². The number of nitrogens with zero attached hydrogens (tertiary/aromatic N) is 1. The molecule has 0 heterocycles. The van der Waals surface area contributed by atoms with E-state index in [2.05, 4.69) is 11.8 Å². The van der Waals surface area contributed by atoms with E-state index in [-0.39, 0.29) is 5.97 Å². The fourth-order valence-electron chi connectivity index (χ4n) is 3.13. The number of esters is 1. The van der Waals surface area contributed by atoms with E-state index in [0.29, 0.717) is 19.8 Å². The van der Waals surface area contributed by atoms with Gasteiger partial charge in [0.15, 0.2) is 0 Å². The molecule has 0 radical (unpaired) electrons. The Bertz CT molecular complexity index is 633. The maximum absolute atomic E-state index is 13.3. The van der Waals surface area contributed by atoms with Gasteiger partial charge in [0.25, 0.3) is 0 Å². The lowest BCUT2D eigenvalue weighted by molar-refractivity contribution is -0.168. The van der Waals surface area contributed by atoms with Crippen LogP contribution in [0.1, 0.15) is 37.8 Å². The molecule has 0 aliphatic heterocycles. The molecule has 0 aliphatic carbocycles. The fourth-order valence-corrected chi connectivity index (χ4v) is 3.13. The Hall–Kier alpha value is -2.17. The molecular formula is C23H31NO3. The van der Waals surface area contributed by atoms with Gasteiger partial charge in [-0.05, 0) is 38.1 Å². The van der Waals surface area contributed by atoms with E-state index in [1.807, 2.05) is 74.6 Å². The number of carbonyl (C=O) groups excluding carboxylic acids is 1. The van der Waals surface area contributed by atoms with Crippen LogP contribution < -0.4 is 0 Å². The molecule has 0 bridgehead atoms. The smallest absolute Gasteiger partial charge is 0.347 e. The Kier molecular flexibility index (Phi) is 8.49. The average Bonchev–Trinajstić information content (AvgIpc) is 2.71. The van der Waals surface area contributed by atoms with Gasteiger partial charge >= 0.3 is 5.97 Å². The Morgan fingerprint density at radius 1 is 0.926 bits per heavy atom. The Morgan fingerprint density at radius 3 is 1.96 bits per heavy atom. The van der Waals surface area contributed by atoms with Crippen LogP contribution in [-0.4, -0.2) is 44.2 Å². The van der Waals surface area contributed by atoms with Gasteiger partial charge in [0, 0.05) is 13.2 Å². The minimum atomic E-state index is -1.25. The number of ether oxygens (including phenoxy) is 2. The van der Waals surface area contributed by atoms with Crippen LogP contribution in [0.4, 0.5) is 0 Å². The molecule has 2 aromatic carbocycles. The van der Waals surface area contributed by atoms with Crippen molar-refractivity contribution < 1.29 is 14.3 Å². The van der Waals surface area contributed by atoms with E-state index >= 15 is 0 Å². The van der Waals surface area contributed by atoms with Crippen LogP contribution >= 0.6 is 0 Å². The molecule has 4 nitrogen and oxygen atoms in total. The van der Waals surface area contributed by atoms with Crippen LogP contribution in [0.5, 0.6) is 0 Å². The first-order chi connectivity index (χ1) is 13.1. The molecule has 4 heteroatoms. The molecule has 0 aromatic heterocycles. The van der Waals surface area contributed by atoms with Crippen LogP contribution in [-0.2, 0) is 19.9 Å². The lowest BCUT2D eigenvalue weighted by atomic mass is 9.86. The quantitative estimate of drug-likeness (QED) is 0.555. The lowest BCUT2D eigenvalue weighted by Crippen LogP contribution is -2.42. The summed E-state index contributed by atoms with van der Waals surface area (Å²) >= 11 is 0. The number of likely N-dealkylation sites (N-methyl/N-ethyl adjacent to an activating group) is 1. The number of unbranched alkanes of at least 4 members (excludes halogenated alkanes) is 1. The van der Waals surface area contributed by atoms with Gasteiger partial charge < -0.3 is 14.4 Å². The molecule has 0 unspecified atom stereocenters. The van der Waals surface area contributed by atoms with Crippen molar-refractivity contribution in [2.45, 2.75) is 32.3 Å². The van der Waals surface area contributed by atoms with Gasteiger partial charge in [-0.1, -0.05) is 74.0 Å². The van der Waals surface area contributed by atoms with Crippen molar-refractivity contribution in [2.24, 2.45) is 0 Å². The van der Waals surface area contributed by atoms with E-state index in [4.69, 9.17) is 9.47 Å². The highest BCUT2D eigenvalue weighted by Crippen LogP contribution is 2.35. The van der Waals surface area contributed by atoms with Gasteiger partial charge in [0.05, 0.1) is 0 Å². The highest BCUT2D eigenvalue weighted by Gasteiger charge is 2.44. The summed E-state index contributed by atoms with van der Waals surface area (Å²) in [5.41, 5.74) is 0.309. The second-order valence-corrected chi connectivity index (χ2v) is 6.64. The number of hydrogen-bond acceptors (Lipinski definition) is 4. The molecule has 2 rings (SSSR count). The lowest BCUT2D eigenvalue weighted by Gasteiger charge is -2.32. The third-order valence-corrected chi connectivity index (χ3v) is 4.61. The van der Waals surface area contributed by atoms with E-state index in [1.54, 1.807) is 0 Å². The SMILES string of the molecule is CCCCN(C)CCOC(=O)C(OCC)(c1ccccc1)c1ccccc1. The molecule has 0 saturated carbocycles. The molecule has 0 aliphatic rings. The normalized spacial score (nSPS) is 11.6. The van der Waals surface area contributed by atoms with Crippen LogP contribution in [0.15, 0.2) is 60.7 Å². The second kappa shape index (κ2) is 10.9. The number of rotatable bonds is 11. The van der Waals surface area contributed by atoms with Gasteiger partial charge in [-0.3, -0.25) is 0 Å². The van der Waals surface area contributed by atoms with Crippen molar-refractivity contribution in [1.82, 2.24) is 4.90 Å². The molecule has 27 heavy (non-hydrogen) atoms. The highest BCUT2D eigenvalue weighted by atomic mass is 16.6. The van der Waals surface area contributed by atoms with Crippen molar-refractivity contribution in [1.29, 1.82) is 0 Å². The summed E-state index contributed by atoms with van der Waals surface area (Å²) in [5.74, 6) is -0.370. The van der Waals surface area contributed by atoms with Crippen molar-refractivity contribution >= 4 is 5.97 Å². The molecule has 0 saturated heterocycles. The summed E-state index contributed by atoms with van der Waals surface area (Å²) in [6.07, 6.45) is 2.29. The monoisotopic (exact) mass is 369 g/mol. The Labute approximate surface area is 163 Å². The minimum Gasteiger partial charge on any atom is -0.462 e. The predicted molar refractivity (Wildman–Crippen MR) is 109 cm³/mol. The van der Waals surface area contributed by atoms with Crippen molar-refractivity contribution in [3.8, 4) is 0 Å². The van der Waals surface area contributed by atoms with Crippen LogP contribution in [0.25, 0.3) is 0 Å². The zero-order valence-electron chi connectivity index (χ0n) is 16.7. The van der Waals surface area contributed by atoms with Gasteiger partial charge in [0.1, 0.15) is 6.61 Å². The standard InChI is InChI=1S/C23H31NO3/c1-4-6-17-24(3)18-19-26-22(25)23(27-5-2,20-13-9-7-10-14-20)21-15-11-8-12-16-21/h7-16H,4-6,17-19H2,1-3H3. The first-order valence-corrected chi connectivity index (χ1v) is 9.75. The first-order valence-electron chi connectivity index (χ1n) is 9.75. The summed E-state index contributed by atoms with van der Waals surface area (Å²) in [7, 11) is 2.05. The molecule has 146 valence electrons. The first kappa shape index (κ1) is 21.1. The largest absolute Gasteiger partial charge is 0.462 e. The number of hydrogen-bond donors (Lipinski definition) is 0. The molecule has 0 fully saturated rings. The Morgan fingerprint density at radius 2 is 1.48 bits per heavy atom. The second-order valence-electron chi connectivity index (χ2n) is 6.64. The number of carbonyl (C=O) groups is 1. The molecule has 0 amide bonds. The zero-order valence-corrected chi connectivity index (χ0v) is 16.7. The molecule has 2 aromatic rings. The van der Waals surface area contributed by atoms with Crippen LogP contribution in [0.3, 0.4) is 0 Å². The third-order valence-electron chi connectivity index (χ3n) is 4.61. The topological polar surface area (TPSA) is 38.8 Å². The molecule has 0 atom stereocenters. The molecule has 0 N–H and O–H groups in total. The maximum Gasteiger partial charge on any atom is 0.347 e. The van der Waals surface area contributed by atoms with Crippen molar-refractivity contribution in [3.05, 3.63) is 71.8 Å². The Balaban J connectivity index is 2.25. The predicted octanol–water partition coefficient (Wildman–Crippen LogP) is 4.24. The summed E-state index contributed by atoms with van der Waals surface area (Å²) in [6, 6.07) is 19.2. The maximum atomic E-state index is 13.3. The zero-order chi connectivity index (χ0) is 19.5. The van der Waals surface area contributed by atoms with Gasteiger partial charge in [-0.2, -0.15) is 0 Å². The highest BCUT2D eigenvalue weighted by molar-refractivity contribution is 5.85. The summed E-state index contributed by atoms with van der Waals surface area (Å²) in [6.45, 7) is 6.51. The van der Waals surface area contributed by atoms with E-state index in [1.165, 1.54) is 0 Å². The van der Waals surface area contributed by atoms with Crippen molar-refractivity contribution in [2.75, 3.05) is 33.4 Å². The number of benzene rings is 2. The van der Waals surface area contributed by atoms with Gasteiger partial charge in [0.2, 0.25) is 5.60 Å². The minimum absolute atomic E-state index is 0.341. The molecule has 0 spiro atoms. The summed E-state index contributed by atoms with van der Waals surface area (Å²) in [4.78, 5) is 15.5. The van der Waals surface area contributed by atoms with Crippen LogP contribution in [0, 0.1) is 0 Å². The van der Waals surface area contributed by atoms with Crippen molar-refractivity contribution in [3.63, 3.8) is 0 Å². The van der Waals surface area contributed by atoms with E-state index < -0.39 is 5.60 Å². The van der Waals surface area contributed by atoms with E-state index in [9.17, 15) is 4.79 Å². The molecular weight excluding hydrogens is 338 g/mol. The van der Waals surface area contributed by atoms with E-state index in [0.717, 1.165) is 30.5 Å². The summed E-state index contributed by atoms with van der Waals surface area (Å²) in [5, 5.41) is 0. The van der Waals surface area contributed by atoms with Crippen LogP contribution in [0.2, 0.25) is 0 Å². The third kappa shape index (κ3) is 5.41.